The maximum Gasteiger partial charge on any atom is 0.270 e. The number of aromatic nitrogens is 6. The van der Waals surface area contributed by atoms with Crippen molar-refractivity contribution in [3.63, 3.8) is 0 Å². The molecular weight excluding hydrogens is 448 g/mol. The van der Waals surface area contributed by atoms with Crippen LogP contribution >= 0.6 is 0 Å². The van der Waals surface area contributed by atoms with E-state index in [0.29, 0.717) is 24.2 Å². The Morgan fingerprint density at radius 1 is 1.00 bits per heavy atom. The topological polar surface area (TPSA) is 81.4 Å². The van der Waals surface area contributed by atoms with Crippen LogP contribution < -0.4 is 5.56 Å². The van der Waals surface area contributed by atoms with Gasteiger partial charge in [0.1, 0.15) is 0 Å². The van der Waals surface area contributed by atoms with E-state index in [2.05, 4.69) is 67.2 Å². The summed E-state index contributed by atoms with van der Waals surface area (Å²) in [6.45, 7) is 3.22. The lowest BCUT2D eigenvalue weighted by molar-refractivity contribution is 0.125. The summed E-state index contributed by atoms with van der Waals surface area (Å²) in [5, 5.41) is 14.6. The summed E-state index contributed by atoms with van der Waals surface area (Å²) in [6.07, 6.45) is 7.83. The molecule has 0 bridgehead atoms. The molecule has 3 heterocycles. The maximum absolute atomic E-state index is 13.9. The van der Waals surface area contributed by atoms with Gasteiger partial charge in [0.2, 0.25) is 5.82 Å². The molecule has 1 aliphatic heterocycles. The van der Waals surface area contributed by atoms with E-state index in [-0.39, 0.29) is 5.56 Å². The summed E-state index contributed by atoms with van der Waals surface area (Å²) < 4.78 is 4.57. The molecule has 36 heavy (non-hydrogen) atoms. The van der Waals surface area contributed by atoms with Gasteiger partial charge in [-0.15, -0.1) is 10.2 Å². The van der Waals surface area contributed by atoms with Crippen molar-refractivity contribution in [2.45, 2.75) is 64.5 Å². The lowest BCUT2D eigenvalue weighted by Gasteiger charge is -2.38. The summed E-state index contributed by atoms with van der Waals surface area (Å²) in [4.78, 5) is 13.9. The fraction of sp³-hybridized carbons (Fsp3) is 0.448. The zero-order valence-electron chi connectivity index (χ0n) is 20.7. The SMILES string of the molecule is CCCc1c(Cc2ccc(-c3ccccc3-c3nn[nH]n3)cc2)c(=O)n2n1CCC1C3CC3CCC12. The average molecular weight is 481 g/mol. The van der Waals surface area contributed by atoms with E-state index in [1.807, 2.05) is 18.2 Å². The van der Waals surface area contributed by atoms with Crippen LogP contribution in [0, 0.1) is 17.8 Å². The van der Waals surface area contributed by atoms with Crippen LogP contribution in [0.2, 0.25) is 0 Å². The monoisotopic (exact) mass is 480 g/mol. The predicted molar refractivity (Wildman–Crippen MR) is 139 cm³/mol. The summed E-state index contributed by atoms with van der Waals surface area (Å²) in [5.74, 6) is 3.12. The molecule has 7 rings (SSSR count). The van der Waals surface area contributed by atoms with Gasteiger partial charge in [-0.2, -0.15) is 5.21 Å². The van der Waals surface area contributed by atoms with E-state index >= 15 is 0 Å². The Morgan fingerprint density at radius 2 is 1.83 bits per heavy atom. The van der Waals surface area contributed by atoms with E-state index in [1.165, 1.54) is 36.9 Å². The summed E-state index contributed by atoms with van der Waals surface area (Å²) in [5.41, 5.74) is 6.83. The second-order valence-electron chi connectivity index (χ2n) is 10.9. The van der Waals surface area contributed by atoms with Crippen LogP contribution in [0.25, 0.3) is 22.5 Å². The van der Waals surface area contributed by atoms with Gasteiger partial charge < -0.3 is 0 Å². The van der Waals surface area contributed by atoms with Gasteiger partial charge in [-0.1, -0.05) is 61.9 Å². The predicted octanol–water partition coefficient (Wildman–Crippen LogP) is 5.03. The molecule has 0 spiro atoms. The fourth-order valence-corrected chi connectivity index (χ4v) is 7.13. The minimum Gasteiger partial charge on any atom is -0.286 e. The van der Waals surface area contributed by atoms with Crippen molar-refractivity contribution in [2.24, 2.45) is 17.8 Å². The van der Waals surface area contributed by atoms with Gasteiger partial charge in [-0.3, -0.25) is 9.48 Å². The number of nitrogens with zero attached hydrogens (tertiary/aromatic N) is 5. The number of nitrogens with one attached hydrogen (secondary N) is 1. The number of tetrazole rings is 1. The summed E-state index contributed by atoms with van der Waals surface area (Å²) >= 11 is 0. The molecule has 0 amide bonds. The fourth-order valence-electron chi connectivity index (χ4n) is 7.13. The van der Waals surface area contributed by atoms with Gasteiger partial charge >= 0.3 is 0 Å². The van der Waals surface area contributed by atoms with Gasteiger partial charge in [0.15, 0.2) is 0 Å². The highest BCUT2D eigenvalue weighted by molar-refractivity contribution is 5.80. The second-order valence-corrected chi connectivity index (χ2v) is 10.9. The molecule has 3 aliphatic rings. The first-order valence-electron chi connectivity index (χ1n) is 13.5. The van der Waals surface area contributed by atoms with Crippen LogP contribution in [0.4, 0.5) is 0 Å². The molecule has 0 saturated heterocycles. The van der Waals surface area contributed by atoms with E-state index < -0.39 is 0 Å². The third kappa shape index (κ3) is 3.47. The van der Waals surface area contributed by atoms with Crippen LogP contribution in [0.3, 0.4) is 0 Å². The van der Waals surface area contributed by atoms with Crippen LogP contribution in [0.5, 0.6) is 0 Å². The molecule has 4 unspecified atom stereocenters. The Morgan fingerprint density at radius 3 is 2.61 bits per heavy atom. The number of H-pyrrole nitrogens is 1. The molecule has 2 aromatic carbocycles. The van der Waals surface area contributed by atoms with Crippen molar-refractivity contribution < 1.29 is 0 Å². The Hall–Kier alpha value is -3.48. The maximum atomic E-state index is 13.9. The van der Waals surface area contributed by atoms with Crippen LogP contribution in [0.15, 0.2) is 53.3 Å². The van der Waals surface area contributed by atoms with Crippen LogP contribution in [0.1, 0.15) is 61.9 Å². The lowest BCUT2D eigenvalue weighted by Crippen LogP contribution is -2.40. The van der Waals surface area contributed by atoms with Gasteiger partial charge in [-0.05, 0) is 71.8 Å². The molecule has 1 N–H and O–H groups in total. The molecule has 184 valence electrons. The molecule has 2 aromatic heterocycles. The normalized spacial score (nSPS) is 24.1. The lowest BCUT2D eigenvalue weighted by atomic mass is 9.81. The quantitative estimate of drug-likeness (QED) is 0.420. The molecule has 4 atom stereocenters. The molecule has 7 nitrogen and oxygen atoms in total. The van der Waals surface area contributed by atoms with Crippen LogP contribution in [-0.4, -0.2) is 30.0 Å². The number of hydrogen-bond acceptors (Lipinski definition) is 4. The van der Waals surface area contributed by atoms with Crippen molar-refractivity contribution in [3.05, 3.63) is 75.7 Å². The molecule has 2 saturated carbocycles. The molecule has 0 radical (unpaired) electrons. The van der Waals surface area contributed by atoms with Crippen molar-refractivity contribution in [2.75, 3.05) is 0 Å². The van der Waals surface area contributed by atoms with Crippen molar-refractivity contribution in [1.29, 1.82) is 0 Å². The van der Waals surface area contributed by atoms with E-state index in [9.17, 15) is 4.79 Å². The highest BCUT2D eigenvalue weighted by Crippen LogP contribution is 2.58. The second kappa shape index (κ2) is 8.57. The number of aromatic amines is 1. The molecule has 2 fully saturated rings. The number of fused-ring (bicyclic) bond motifs is 5. The molecule has 2 aliphatic carbocycles. The van der Waals surface area contributed by atoms with E-state index in [0.717, 1.165) is 53.5 Å². The number of rotatable bonds is 6. The van der Waals surface area contributed by atoms with Gasteiger partial charge in [0.25, 0.3) is 5.56 Å². The van der Waals surface area contributed by atoms with Gasteiger partial charge in [0, 0.05) is 29.8 Å². The summed E-state index contributed by atoms with van der Waals surface area (Å²) in [7, 11) is 0. The minimum absolute atomic E-state index is 0.263. The smallest absolute Gasteiger partial charge is 0.270 e. The Kier molecular flexibility index (Phi) is 5.19. The van der Waals surface area contributed by atoms with Crippen molar-refractivity contribution >= 4 is 0 Å². The van der Waals surface area contributed by atoms with Crippen molar-refractivity contribution in [1.82, 2.24) is 30.0 Å². The Labute approximate surface area is 210 Å². The molecule has 4 aromatic rings. The molecule has 7 heteroatoms. The van der Waals surface area contributed by atoms with E-state index in [4.69, 9.17) is 0 Å². The third-order valence-electron chi connectivity index (χ3n) is 8.88. The standard InChI is InChI=1S/C29H32N6O/c1-2-5-26-25(29(36)35-27-13-12-20-17-24(20)22(27)14-15-34(26)35)16-18-8-10-19(11-9-18)21-6-3-4-7-23(21)28-30-32-33-31-28/h3-4,6-11,20,22,24,27H,2,5,12-17H2,1H3,(H,30,31,32,33). The minimum atomic E-state index is 0.263. The van der Waals surface area contributed by atoms with E-state index in [1.54, 1.807) is 0 Å². The first kappa shape index (κ1) is 21.8. The Balaban J connectivity index is 1.21. The summed E-state index contributed by atoms with van der Waals surface area (Å²) in [6, 6.07) is 17.1. The van der Waals surface area contributed by atoms with Crippen LogP contribution in [-0.2, 0) is 19.4 Å². The number of hydrogen-bond donors (Lipinski definition) is 1. The Bertz CT molecular complexity index is 1450. The third-order valence-corrected chi connectivity index (χ3v) is 8.88. The average Bonchev–Trinajstić information content (AvgIpc) is 3.43. The van der Waals surface area contributed by atoms with Crippen molar-refractivity contribution in [3.8, 4) is 22.5 Å². The van der Waals surface area contributed by atoms with Gasteiger partial charge in [0.05, 0.1) is 6.04 Å². The largest absolute Gasteiger partial charge is 0.286 e. The molecular formula is C29H32N6O. The van der Waals surface area contributed by atoms with Gasteiger partial charge in [-0.25, -0.2) is 4.68 Å². The number of benzene rings is 2. The zero-order valence-corrected chi connectivity index (χ0v) is 20.7. The zero-order chi connectivity index (χ0) is 24.2. The highest BCUT2D eigenvalue weighted by atomic mass is 16.1. The first-order chi connectivity index (χ1) is 17.7. The highest BCUT2D eigenvalue weighted by Gasteiger charge is 2.51. The first-order valence-corrected chi connectivity index (χ1v) is 13.5.